The van der Waals surface area contributed by atoms with Crippen LogP contribution < -0.4 is 0 Å². The fourth-order valence-electron chi connectivity index (χ4n) is 0.989. The molecule has 0 bridgehead atoms. The molecule has 0 aliphatic rings. The number of hydrogen-bond acceptors (Lipinski definition) is 5. The molecule has 0 radical (unpaired) electrons. The van der Waals surface area contributed by atoms with Gasteiger partial charge in [-0.3, -0.25) is 4.98 Å². The second kappa shape index (κ2) is 4.86. The van der Waals surface area contributed by atoms with Gasteiger partial charge in [-0.05, 0) is 23.9 Å². The molecule has 0 saturated heterocycles. The second-order valence-electron chi connectivity index (χ2n) is 2.82. The van der Waals surface area contributed by atoms with Gasteiger partial charge in [0, 0.05) is 35.2 Å². The van der Waals surface area contributed by atoms with Crippen LogP contribution >= 0.6 is 11.8 Å². The summed E-state index contributed by atoms with van der Waals surface area (Å²) in [6, 6.07) is 3.79. The van der Waals surface area contributed by atoms with Crippen molar-refractivity contribution in [1.29, 1.82) is 0 Å². The predicted octanol–water partition coefficient (Wildman–Crippen LogP) is 1.52. The molecule has 0 aliphatic heterocycles. The lowest BCUT2D eigenvalue weighted by Gasteiger charge is -1.99. The molecule has 0 fully saturated rings. The average molecular weight is 219 g/mol. The highest BCUT2D eigenvalue weighted by Crippen LogP contribution is 2.22. The van der Waals surface area contributed by atoms with Gasteiger partial charge in [0.25, 0.3) is 0 Å². The molecular weight excluding hydrogens is 210 g/mol. The van der Waals surface area contributed by atoms with E-state index in [0.29, 0.717) is 10.7 Å². The van der Waals surface area contributed by atoms with Crippen molar-refractivity contribution in [2.45, 2.75) is 16.7 Å². The lowest BCUT2D eigenvalue weighted by molar-refractivity contribution is 0.280. The number of aliphatic hydroxyl groups is 1. The molecule has 1 N–H and O–H groups in total. The van der Waals surface area contributed by atoms with Crippen LogP contribution in [0.2, 0.25) is 0 Å². The Hall–Kier alpha value is -1.46. The normalized spacial score (nSPS) is 10.2. The van der Waals surface area contributed by atoms with Gasteiger partial charge in [0.1, 0.15) is 0 Å². The number of rotatable bonds is 3. The van der Waals surface area contributed by atoms with Gasteiger partial charge in [-0.1, -0.05) is 0 Å². The van der Waals surface area contributed by atoms with Crippen LogP contribution in [0, 0.1) is 0 Å². The standard InChI is InChI=1S/C10H9N3OS/c14-7-8-5-12-10(13-6-8)15-9-1-3-11-4-2-9/h1-6,14H,7H2. The predicted molar refractivity (Wildman–Crippen MR) is 56.3 cm³/mol. The van der Waals surface area contributed by atoms with Gasteiger partial charge < -0.3 is 5.11 Å². The molecule has 0 spiro atoms. The summed E-state index contributed by atoms with van der Waals surface area (Å²) in [6.45, 7) is -0.0276. The van der Waals surface area contributed by atoms with Crippen LogP contribution in [0.15, 0.2) is 47.0 Å². The van der Waals surface area contributed by atoms with E-state index in [0.717, 1.165) is 4.90 Å². The third-order valence-corrected chi connectivity index (χ3v) is 2.62. The van der Waals surface area contributed by atoms with Crippen molar-refractivity contribution in [1.82, 2.24) is 15.0 Å². The summed E-state index contributed by atoms with van der Waals surface area (Å²) in [5.74, 6) is 0. The van der Waals surface area contributed by atoms with Crippen LogP contribution in [0.4, 0.5) is 0 Å². The zero-order chi connectivity index (χ0) is 10.5. The zero-order valence-corrected chi connectivity index (χ0v) is 8.68. The van der Waals surface area contributed by atoms with Crippen LogP contribution in [0.25, 0.3) is 0 Å². The second-order valence-corrected chi connectivity index (χ2v) is 3.86. The molecule has 5 heteroatoms. The molecule has 2 aromatic heterocycles. The summed E-state index contributed by atoms with van der Waals surface area (Å²) in [4.78, 5) is 13.2. The number of aromatic nitrogens is 3. The Morgan fingerprint density at radius 1 is 1.13 bits per heavy atom. The molecule has 0 aromatic carbocycles. The quantitative estimate of drug-likeness (QED) is 0.793. The number of aliphatic hydroxyl groups excluding tert-OH is 1. The van der Waals surface area contributed by atoms with Crippen molar-refractivity contribution in [3.05, 3.63) is 42.5 Å². The zero-order valence-electron chi connectivity index (χ0n) is 7.87. The van der Waals surface area contributed by atoms with Crippen molar-refractivity contribution in [2.75, 3.05) is 0 Å². The van der Waals surface area contributed by atoms with E-state index in [2.05, 4.69) is 15.0 Å². The first-order valence-electron chi connectivity index (χ1n) is 4.38. The molecule has 4 nitrogen and oxygen atoms in total. The van der Waals surface area contributed by atoms with Crippen LogP contribution in [0.5, 0.6) is 0 Å². The van der Waals surface area contributed by atoms with Crippen molar-refractivity contribution in [3.8, 4) is 0 Å². The minimum absolute atomic E-state index is 0.0276. The van der Waals surface area contributed by atoms with Crippen LogP contribution in [-0.2, 0) is 6.61 Å². The fraction of sp³-hybridized carbons (Fsp3) is 0.100. The van der Waals surface area contributed by atoms with E-state index >= 15 is 0 Å². The van der Waals surface area contributed by atoms with Crippen molar-refractivity contribution in [2.24, 2.45) is 0 Å². The van der Waals surface area contributed by atoms with Gasteiger partial charge in [0.15, 0.2) is 5.16 Å². The van der Waals surface area contributed by atoms with Crippen LogP contribution in [0.1, 0.15) is 5.56 Å². The molecule has 76 valence electrons. The maximum Gasteiger partial charge on any atom is 0.192 e. The molecule has 0 amide bonds. The summed E-state index contributed by atoms with van der Waals surface area (Å²) in [5, 5.41) is 9.49. The first-order chi connectivity index (χ1) is 7.38. The largest absolute Gasteiger partial charge is 0.392 e. The summed E-state index contributed by atoms with van der Waals surface area (Å²) in [5.41, 5.74) is 0.717. The summed E-state index contributed by atoms with van der Waals surface area (Å²) < 4.78 is 0. The third kappa shape index (κ3) is 2.74. The minimum Gasteiger partial charge on any atom is -0.392 e. The van der Waals surface area contributed by atoms with Crippen LogP contribution in [0.3, 0.4) is 0 Å². The van der Waals surface area contributed by atoms with Gasteiger partial charge in [0.05, 0.1) is 6.61 Å². The fourth-order valence-corrected chi connectivity index (χ4v) is 1.67. The van der Waals surface area contributed by atoms with E-state index in [9.17, 15) is 0 Å². The Labute approximate surface area is 91.4 Å². The Balaban J connectivity index is 2.11. The summed E-state index contributed by atoms with van der Waals surface area (Å²) in [6.07, 6.45) is 6.70. The maximum absolute atomic E-state index is 8.82. The van der Waals surface area contributed by atoms with Gasteiger partial charge in [-0.2, -0.15) is 0 Å². The SMILES string of the molecule is OCc1cnc(Sc2ccncc2)nc1. The van der Waals surface area contributed by atoms with Gasteiger partial charge in [0.2, 0.25) is 0 Å². The highest BCUT2D eigenvalue weighted by molar-refractivity contribution is 7.99. The summed E-state index contributed by atoms with van der Waals surface area (Å²) in [7, 11) is 0. The Kier molecular flexibility index (Phi) is 3.26. The van der Waals surface area contributed by atoms with E-state index in [-0.39, 0.29) is 6.61 Å². The topological polar surface area (TPSA) is 58.9 Å². The molecule has 0 unspecified atom stereocenters. The lowest BCUT2D eigenvalue weighted by atomic mass is 10.4. The number of pyridine rings is 1. The molecule has 15 heavy (non-hydrogen) atoms. The van der Waals surface area contributed by atoms with E-state index in [1.807, 2.05) is 12.1 Å². The minimum atomic E-state index is -0.0276. The summed E-state index contributed by atoms with van der Waals surface area (Å²) >= 11 is 1.46. The van der Waals surface area contributed by atoms with E-state index in [4.69, 9.17) is 5.11 Å². The maximum atomic E-state index is 8.82. The van der Waals surface area contributed by atoms with Gasteiger partial charge in [-0.15, -0.1) is 0 Å². The van der Waals surface area contributed by atoms with Crippen molar-refractivity contribution < 1.29 is 5.11 Å². The van der Waals surface area contributed by atoms with E-state index < -0.39 is 0 Å². The third-order valence-electron chi connectivity index (χ3n) is 1.72. The van der Waals surface area contributed by atoms with Crippen molar-refractivity contribution in [3.63, 3.8) is 0 Å². The lowest BCUT2D eigenvalue weighted by Crippen LogP contribution is -1.90. The smallest absolute Gasteiger partial charge is 0.192 e. The molecule has 2 aromatic rings. The monoisotopic (exact) mass is 219 g/mol. The molecule has 2 rings (SSSR count). The van der Waals surface area contributed by atoms with Crippen molar-refractivity contribution >= 4 is 11.8 Å². The number of hydrogen-bond donors (Lipinski definition) is 1. The Morgan fingerprint density at radius 3 is 2.40 bits per heavy atom. The van der Waals surface area contributed by atoms with E-state index in [1.54, 1.807) is 24.8 Å². The Bertz CT molecular complexity index is 418. The van der Waals surface area contributed by atoms with Gasteiger partial charge >= 0.3 is 0 Å². The average Bonchev–Trinajstić information content (AvgIpc) is 2.31. The van der Waals surface area contributed by atoms with E-state index in [1.165, 1.54) is 11.8 Å². The highest BCUT2D eigenvalue weighted by atomic mass is 32.2. The first kappa shape index (κ1) is 10.1. The molecule has 0 saturated carbocycles. The highest BCUT2D eigenvalue weighted by Gasteiger charge is 1.99. The molecule has 0 atom stereocenters. The Morgan fingerprint density at radius 2 is 1.80 bits per heavy atom. The number of nitrogens with zero attached hydrogens (tertiary/aromatic N) is 3. The van der Waals surface area contributed by atoms with Gasteiger partial charge in [-0.25, -0.2) is 9.97 Å². The first-order valence-corrected chi connectivity index (χ1v) is 5.20. The molecular formula is C10H9N3OS. The van der Waals surface area contributed by atoms with Crippen LogP contribution in [-0.4, -0.2) is 20.1 Å². The molecule has 2 heterocycles. The molecule has 0 aliphatic carbocycles.